The number of benzene rings is 3. The molecular formula is C30H39O2PS2. The highest BCUT2D eigenvalue weighted by molar-refractivity contribution is 8.68. The summed E-state index contributed by atoms with van der Waals surface area (Å²) in [6.07, 6.45) is 5.32. The van der Waals surface area contributed by atoms with Crippen molar-refractivity contribution in [1.82, 2.24) is 0 Å². The van der Waals surface area contributed by atoms with Crippen LogP contribution in [0.4, 0.5) is 0 Å². The molecule has 5 heteroatoms. The van der Waals surface area contributed by atoms with E-state index < -0.39 is 5.69 Å². The van der Waals surface area contributed by atoms with E-state index in [1.807, 2.05) is 18.2 Å². The van der Waals surface area contributed by atoms with Gasteiger partial charge in [0.1, 0.15) is 11.5 Å². The zero-order chi connectivity index (χ0) is 25.1. The molecule has 3 aromatic rings. The lowest BCUT2D eigenvalue weighted by Gasteiger charge is -2.23. The lowest BCUT2D eigenvalue weighted by molar-refractivity contribution is 0.504. The van der Waals surface area contributed by atoms with Gasteiger partial charge in [-0.25, -0.2) is 0 Å². The van der Waals surface area contributed by atoms with Gasteiger partial charge in [0.25, 0.3) is 0 Å². The molecule has 0 aliphatic carbocycles. The summed E-state index contributed by atoms with van der Waals surface area (Å²) < 4.78 is 13.0. The van der Waals surface area contributed by atoms with Crippen molar-refractivity contribution in [1.29, 1.82) is 0 Å². The summed E-state index contributed by atoms with van der Waals surface area (Å²) in [7, 11) is 0. The molecule has 0 amide bonds. The zero-order valence-corrected chi connectivity index (χ0v) is 24.0. The largest absolute Gasteiger partial charge is 0.428 e. The molecule has 35 heavy (non-hydrogen) atoms. The summed E-state index contributed by atoms with van der Waals surface area (Å²) in [6, 6.07) is 27.2. The number of hydrogen-bond acceptors (Lipinski definition) is 4. The SMILES string of the molecule is CC(C)CCc1cccc(OP(=S)(Oc2cccc(CCC(C)C)c2)SCCc2ccccc2)c1. The van der Waals surface area contributed by atoms with Crippen molar-refractivity contribution in [2.75, 3.05) is 5.75 Å². The summed E-state index contributed by atoms with van der Waals surface area (Å²) in [5.41, 5.74) is 1.19. The second kappa shape index (κ2) is 14.1. The topological polar surface area (TPSA) is 18.5 Å². The van der Waals surface area contributed by atoms with Gasteiger partial charge in [-0.1, -0.05) is 82.3 Å². The van der Waals surface area contributed by atoms with Gasteiger partial charge in [-0.3, -0.25) is 0 Å². The van der Waals surface area contributed by atoms with Gasteiger partial charge in [-0.2, -0.15) is 0 Å². The van der Waals surface area contributed by atoms with E-state index in [1.165, 1.54) is 16.7 Å². The first-order chi connectivity index (χ1) is 16.8. The van der Waals surface area contributed by atoms with Crippen molar-refractivity contribution >= 4 is 28.9 Å². The Hall–Kier alpha value is -1.74. The van der Waals surface area contributed by atoms with Crippen LogP contribution < -0.4 is 9.05 Å². The molecule has 0 bridgehead atoms. The van der Waals surface area contributed by atoms with E-state index in [9.17, 15) is 0 Å². The van der Waals surface area contributed by atoms with E-state index in [-0.39, 0.29) is 0 Å². The quantitative estimate of drug-likeness (QED) is 0.195. The molecule has 3 rings (SSSR count). The van der Waals surface area contributed by atoms with Crippen LogP contribution in [0.5, 0.6) is 11.5 Å². The van der Waals surface area contributed by atoms with Crippen LogP contribution in [0.1, 0.15) is 57.2 Å². The maximum atomic E-state index is 6.50. The molecule has 0 fully saturated rings. The predicted molar refractivity (Wildman–Crippen MR) is 157 cm³/mol. The lowest BCUT2D eigenvalue weighted by Crippen LogP contribution is -2.01. The van der Waals surface area contributed by atoms with Crippen LogP contribution in [0.3, 0.4) is 0 Å². The van der Waals surface area contributed by atoms with Crippen LogP contribution >= 0.6 is 17.1 Å². The molecule has 0 spiro atoms. The molecule has 0 saturated carbocycles. The molecule has 0 heterocycles. The van der Waals surface area contributed by atoms with Crippen molar-refractivity contribution in [3.63, 3.8) is 0 Å². The predicted octanol–water partition coefficient (Wildman–Crippen LogP) is 9.52. The second-order valence-corrected chi connectivity index (χ2v) is 16.1. The zero-order valence-electron chi connectivity index (χ0n) is 21.5. The summed E-state index contributed by atoms with van der Waals surface area (Å²) in [6.45, 7) is 9.03. The van der Waals surface area contributed by atoms with E-state index >= 15 is 0 Å². The summed E-state index contributed by atoms with van der Waals surface area (Å²) in [5.74, 6) is 3.80. The normalized spacial score (nSPS) is 11.7. The van der Waals surface area contributed by atoms with Crippen LogP contribution in [-0.2, 0) is 31.1 Å². The van der Waals surface area contributed by atoms with Gasteiger partial charge in [0.15, 0.2) is 0 Å². The third-order valence-electron chi connectivity index (χ3n) is 5.74. The highest BCUT2D eigenvalue weighted by Gasteiger charge is 2.24. The smallest absolute Gasteiger partial charge is 0.348 e. The van der Waals surface area contributed by atoms with Gasteiger partial charge >= 0.3 is 5.69 Å². The van der Waals surface area contributed by atoms with Crippen LogP contribution in [0.2, 0.25) is 0 Å². The Kier molecular flexibility index (Phi) is 11.2. The first kappa shape index (κ1) is 27.8. The van der Waals surface area contributed by atoms with Gasteiger partial charge in [0, 0.05) is 5.75 Å². The highest BCUT2D eigenvalue weighted by atomic mass is 32.9. The Bertz CT molecular complexity index is 1020. The Balaban J connectivity index is 1.76. The molecule has 0 atom stereocenters. The van der Waals surface area contributed by atoms with Gasteiger partial charge in [0.05, 0.1) is 0 Å². The van der Waals surface area contributed by atoms with E-state index in [0.717, 1.165) is 49.4 Å². The maximum absolute atomic E-state index is 6.50. The van der Waals surface area contributed by atoms with Crippen molar-refractivity contribution in [2.45, 2.75) is 59.8 Å². The Morgan fingerprint density at radius 3 is 1.63 bits per heavy atom. The van der Waals surface area contributed by atoms with E-state index in [4.69, 9.17) is 20.9 Å². The molecule has 0 aliphatic rings. The van der Waals surface area contributed by atoms with Crippen LogP contribution in [0.15, 0.2) is 78.9 Å². The van der Waals surface area contributed by atoms with Crippen LogP contribution in [-0.4, -0.2) is 5.75 Å². The fourth-order valence-electron chi connectivity index (χ4n) is 3.68. The molecular weight excluding hydrogens is 487 g/mol. The molecule has 0 N–H and O–H groups in total. The highest BCUT2D eigenvalue weighted by Crippen LogP contribution is 2.60. The third kappa shape index (κ3) is 10.4. The third-order valence-corrected chi connectivity index (χ3v) is 10.6. The monoisotopic (exact) mass is 526 g/mol. The molecule has 188 valence electrons. The lowest BCUT2D eigenvalue weighted by atomic mass is 10.0. The second-order valence-electron chi connectivity index (χ2n) is 9.86. The van der Waals surface area contributed by atoms with Gasteiger partial charge in [-0.05, 0) is 108 Å². The minimum Gasteiger partial charge on any atom is -0.428 e. The number of rotatable bonds is 14. The Labute approximate surface area is 221 Å². The van der Waals surface area contributed by atoms with Crippen molar-refractivity contribution < 1.29 is 9.05 Å². The fraction of sp³-hybridized carbons (Fsp3) is 0.400. The number of hydrogen-bond donors (Lipinski definition) is 0. The van der Waals surface area contributed by atoms with Crippen molar-refractivity contribution in [2.24, 2.45) is 11.8 Å². The van der Waals surface area contributed by atoms with Crippen LogP contribution in [0, 0.1) is 11.8 Å². The molecule has 3 aromatic carbocycles. The fourth-order valence-corrected chi connectivity index (χ4v) is 8.08. The average Bonchev–Trinajstić information content (AvgIpc) is 2.82. The molecule has 0 saturated heterocycles. The minimum atomic E-state index is -2.67. The van der Waals surface area contributed by atoms with Gasteiger partial charge in [-0.15, -0.1) is 0 Å². The first-order valence-corrected chi connectivity index (χ1v) is 16.9. The van der Waals surface area contributed by atoms with E-state index in [1.54, 1.807) is 11.4 Å². The molecule has 0 unspecified atom stereocenters. The molecule has 0 aromatic heterocycles. The Morgan fingerprint density at radius 1 is 0.657 bits per heavy atom. The summed E-state index contributed by atoms with van der Waals surface area (Å²) in [4.78, 5) is 0. The first-order valence-electron chi connectivity index (χ1n) is 12.7. The average molecular weight is 527 g/mol. The standard InChI is InChI=1S/C30H39O2PS2/c1-24(2)16-18-27-12-8-14-29(22-27)31-33(34,35-21-20-26-10-6-5-7-11-26)32-30-15-9-13-28(23-30)19-17-25(3)4/h5-15,22-25H,16-21H2,1-4H3. The minimum absolute atomic E-state index is 0.671. The van der Waals surface area contributed by atoms with E-state index in [0.29, 0.717) is 11.8 Å². The molecule has 0 radical (unpaired) electrons. The van der Waals surface area contributed by atoms with Crippen molar-refractivity contribution in [3.05, 3.63) is 95.6 Å². The van der Waals surface area contributed by atoms with Crippen molar-refractivity contribution in [3.8, 4) is 11.5 Å². The summed E-state index contributed by atoms with van der Waals surface area (Å²) in [5, 5.41) is 0. The Morgan fingerprint density at radius 2 is 1.14 bits per heavy atom. The van der Waals surface area contributed by atoms with Gasteiger partial charge in [0.2, 0.25) is 0 Å². The van der Waals surface area contributed by atoms with Crippen LogP contribution in [0.25, 0.3) is 0 Å². The van der Waals surface area contributed by atoms with Gasteiger partial charge < -0.3 is 9.05 Å². The van der Waals surface area contributed by atoms with E-state index in [2.05, 4.69) is 88.4 Å². The molecule has 0 aliphatic heterocycles. The molecule has 2 nitrogen and oxygen atoms in total. The number of aryl methyl sites for hydroxylation is 3. The summed E-state index contributed by atoms with van der Waals surface area (Å²) >= 11 is 7.75. The maximum Gasteiger partial charge on any atom is 0.348 e.